The van der Waals surface area contributed by atoms with Gasteiger partial charge in [0.05, 0.1) is 11.0 Å². The Morgan fingerprint density at radius 2 is 1.57 bits per heavy atom. The Labute approximate surface area is 174 Å². The van der Waals surface area contributed by atoms with Gasteiger partial charge in [-0.2, -0.15) is 0 Å². The minimum Gasteiger partial charge on any atom is -0.454 e. The lowest BCUT2D eigenvalue weighted by atomic mass is 9.94. The number of pyridine rings is 1. The van der Waals surface area contributed by atoms with Crippen molar-refractivity contribution in [3.8, 4) is 12.3 Å². The summed E-state index contributed by atoms with van der Waals surface area (Å²) in [7, 11) is 0. The largest absolute Gasteiger partial charge is 0.454 e. The zero-order valence-corrected chi connectivity index (χ0v) is 17.1. The first-order chi connectivity index (χ1) is 14.4. The van der Waals surface area contributed by atoms with Gasteiger partial charge in [-0.1, -0.05) is 44.0 Å². The van der Waals surface area contributed by atoms with Crippen molar-refractivity contribution in [2.75, 3.05) is 6.61 Å². The monoisotopic (exact) mass is 404 g/mol. The van der Waals surface area contributed by atoms with Crippen molar-refractivity contribution < 1.29 is 14.3 Å². The molecule has 0 aliphatic heterocycles. The molecule has 0 atom stereocenters. The first-order valence-electron chi connectivity index (χ1n) is 9.89. The Morgan fingerprint density at radius 3 is 2.07 bits per heavy atom. The average Bonchev–Trinajstić information content (AvgIpc) is 2.79. The van der Waals surface area contributed by atoms with E-state index >= 15 is 0 Å². The van der Waals surface area contributed by atoms with Crippen molar-refractivity contribution in [3.05, 3.63) is 58.8 Å². The lowest BCUT2D eigenvalue weighted by molar-refractivity contribution is -0.149. The van der Waals surface area contributed by atoms with Gasteiger partial charge in [0, 0.05) is 10.8 Å². The van der Waals surface area contributed by atoms with E-state index in [-0.39, 0.29) is 12.0 Å². The molecule has 3 rings (SSSR count). The summed E-state index contributed by atoms with van der Waals surface area (Å²) in [6.07, 6.45) is 6.71. The third-order valence-corrected chi connectivity index (χ3v) is 5.39. The normalized spacial score (nSPS) is 11.2. The number of terminal acetylenes is 1. The highest BCUT2D eigenvalue weighted by molar-refractivity contribution is 5.94. The van der Waals surface area contributed by atoms with Crippen LogP contribution in [0.3, 0.4) is 0 Å². The highest BCUT2D eigenvalue weighted by Crippen LogP contribution is 2.19. The molecule has 2 aromatic carbocycles. The number of fused-ring (bicyclic) bond motifs is 2. The number of nitrogens with one attached hydrogen (secondary N) is 1. The second-order valence-corrected chi connectivity index (χ2v) is 7.09. The van der Waals surface area contributed by atoms with Crippen LogP contribution in [-0.4, -0.2) is 28.6 Å². The number of amides is 1. The molecule has 0 unspecified atom stereocenters. The SMILES string of the molecule is C#CC(CC)(CC)NC(=O)COC(=O)Cn1c2ccccc2c(=O)c2ccccc21. The number of benzene rings is 2. The Kier molecular flexibility index (Phi) is 6.22. The van der Waals surface area contributed by atoms with Gasteiger partial charge in [0.1, 0.15) is 12.1 Å². The van der Waals surface area contributed by atoms with E-state index in [1.807, 2.05) is 13.8 Å². The van der Waals surface area contributed by atoms with Gasteiger partial charge in [-0.25, -0.2) is 0 Å². The van der Waals surface area contributed by atoms with E-state index in [4.69, 9.17) is 11.2 Å². The molecule has 6 nitrogen and oxygen atoms in total. The Morgan fingerprint density at radius 1 is 1.03 bits per heavy atom. The predicted molar refractivity (Wildman–Crippen MR) is 117 cm³/mol. The molecule has 0 saturated carbocycles. The number of rotatable bonds is 7. The number of carbonyl (C=O) groups is 2. The molecule has 1 heterocycles. The Balaban J connectivity index is 1.82. The molecule has 30 heavy (non-hydrogen) atoms. The zero-order chi connectivity index (χ0) is 21.7. The molecular weight excluding hydrogens is 380 g/mol. The summed E-state index contributed by atoms with van der Waals surface area (Å²) in [6.45, 7) is 3.24. The molecule has 6 heteroatoms. The Bertz CT molecular complexity index is 1140. The van der Waals surface area contributed by atoms with Gasteiger partial charge < -0.3 is 14.6 Å². The lowest BCUT2D eigenvalue weighted by Crippen LogP contribution is -2.48. The van der Waals surface area contributed by atoms with Gasteiger partial charge in [-0.15, -0.1) is 6.42 Å². The van der Waals surface area contributed by atoms with Crippen molar-refractivity contribution in [1.82, 2.24) is 9.88 Å². The standard InChI is InChI=1S/C24H24N2O4/c1-4-24(5-2,6-3)25-21(27)16-30-22(28)15-26-19-13-9-7-11-17(19)23(29)18-12-8-10-14-20(18)26/h1,7-14H,5-6,15-16H2,2-3H3,(H,25,27). The van der Waals surface area contributed by atoms with Crippen LogP contribution in [0.5, 0.6) is 0 Å². The molecule has 1 amide bonds. The Hall–Kier alpha value is -3.59. The van der Waals surface area contributed by atoms with Gasteiger partial charge in [-0.05, 0) is 37.1 Å². The van der Waals surface area contributed by atoms with Crippen molar-refractivity contribution in [2.24, 2.45) is 0 Å². The number of ether oxygens (including phenoxy) is 1. The third kappa shape index (κ3) is 4.06. The molecule has 154 valence electrons. The first kappa shape index (κ1) is 21.1. The van der Waals surface area contributed by atoms with Gasteiger partial charge >= 0.3 is 5.97 Å². The third-order valence-electron chi connectivity index (χ3n) is 5.39. The summed E-state index contributed by atoms with van der Waals surface area (Å²) in [6, 6.07) is 14.2. The smallest absolute Gasteiger partial charge is 0.326 e. The number of nitrogens with zero attached hydrogens (tertiary/aromatic N) is 1. The lowest BCUT2D eigenvalue weighted by Gasteiger charge is -2.26. The minimum atomic E-state index is -0.741. The summed E-state index contributed by atoms with van der Waals surface area (Å²) in [4.78, 5) is 37.5. The van der Waals surface area contributed by atoms with Crippen LogP contribution < -0.4 is 10.7 Å². The van der Waals surface area contributed by atoms with Gasteiger partial charge in [0.2, 0.25) is 0 Å². The molecule has 1 aromatic heterocycles. The summed E-state index contributed by atoms with van der Waals surface area (Å²) in [5, 5.41) is 3.80. The van der Waals surface area contributed by atoms with E-state index in [2.05, 4.69) is 11.2 Å². The molecular formula is C24H24N2O4. The van der Waals surface area contributed by atoms with E-state index < -0.39 is 24.0 Å². The number of hydrogen-bond donors (Lipinski definition) is 1. The van der Waals surface area contributed by atoms with Gasteiger partial charge in [0.15, 0.2) is 12.0 Å². The molecule has 0 fully saturated rings. The van der Waals surface area contributed by atoms with E-state index in [0.717, 1.165) is 0 Å². The highest BCUT2D eigenvalue weighted by atomic mass is 16.5. The number of esters is 1. The molecule has 0 radical (unpaired) electrons. The van der Waals surface area contributed by atoms with Crippen LogP contribution >= 0.6 is 0 Å². The van der Waals surface area contributed by atoms with Crippen LogP contribution in [0, 0.1) is 12.3 Å². The second kappa shape index (κ2) is 8.83. The molecule has 3 aromatic rings. The fourth-order valence-electron chi connectivity index (χ4n) is 3.54. The summed E-state index contributed by atoms with van der Waals surface area (Å²) < 4.78 is 6.93. The van der Waals surface area contributed by atoms with Crippen molar-refractivity contribution in [2.45, 2.75) is 38.8 Å². The number of carbonyl (C=O) groups excluding carboxylic acids is 2. The van der Waals surface area contributed by atoms with E-state index in [9.17, 15) is 14.4 Å². The molecule has 0 spiro atoms. The molecule has 0 aliphatic carbocycles. The van der Waals surface area contributed by atoms with Crippen LogP contribution in [0.25, 0.3) is 21.8 Å². The van der Waals surface area contributed by atoms with Crippen molar-refractivity contribution in [3.63, 3.8) is 0 Å². The predicted octanol–water partition coefficient (Wildman–Crippen LogP) is 3.01. The molecule has 1 N–H and O–H groups in total. The minimum absolute atomic E-state index is 0.0880. The van der Waals surface area contributed by atoms with E-state index in [1.165, 1.54) is 0 Å². The van der Waals surface area contributed by atoms with Crippen LogP contribution in [0.2, 0.25) is 0 Å². The first-order valence-corrected chi connectivity index (χ1v) is 9.89. The molecule has 0 bridgehead atoms. The fraction of sp³-hybridized carbons (Fsp3) is 0.292. The molecule has 0 saturated heterocycles. The maximum Gasteiger partial charge on any atom is 0.326 e. The molecule has 0 aliphatic rings. The quantitative estimate of drug-likeness (QED) is 0.373. The van der Waals surface area contributed by atoms with Crippen molar-refractivity contribution >= 4 is 33.7 Å². The number of hydrogen-bond acceptors (Lipinski definition) is 4. The van der Waals surface area contributed by atoms with Crippen LogP contribution in [0.15, 0.2) is 53.3 Å². The van der Waals surface area contributed by atoms with Crippen LogP contribution in [0.1, 0.15) is 26.7 Å². The van der Waals surface area contributed by atoms with Crippen LogP contribution in [-0.2, 0) is 20.9 Å². The summed E-state index contributed by atoms with van der Waals surface area (Å²) in [5.41, 5.74) is 0.431. The summed E-state index contributed by atoms with van der Waals surface area (Å²) >= 11 is 0. The van der Waals surface area contributed by atoms with E-state index in [0.29, 0.717) is 34.6 Å². The zero-order valence-electron chi connectivity index (χ0n) is 17.1. The fourth-order valence-corrected chi connectivity index (χ4v) is 3.54. The van der Waals surface area contributed by atoms with Crippen molar-refractivity contribution in [1.29, 1.82) is 0 Å². The van der Waals surface area contributed by atoms with Gasteiger partial charge in [-0.3, -0.25) is 14.4 Å². The summed E-state index contributed by atoms with van der Waals surface area (Å²) in [5.74, 6) is 1.59. The maximum atomic E-state index is 12.8. The number of para-hydroxylation sites is 2. The highest BCUT2D eigenvalue weighted by Gasteiger charge is 2.25. The van der Waals surface area contributed by atoms with Crippen LogP contribution in [0.4, 0.5) is 0 Å². The maximum absolute atomic E-state index is 12.8. The topological polar surface area (TPSA) is 77.4 Å². The average molecular weight is 404 g/mol. The van der Waals surface area contributed by atoms with Gasteiger partial charge in [0.25, 0.3) is 5.91 Å². The second-order valence-electron chi connectivity index (χ2n) is 7.09. The number of aromatic nitrogens is 1. The van der Waals surface area contributed by atoms with E-state index in [1.54, 1.807) is 53.1 Å².